The molecule has 0 aromatic rings. The number of rotatable bonds is 6. The van der Waals surface area contributed by atoms with Crippen LogP contribution < -0.4 is 0 Å². The van der Waals surface area contributed by atoms with Crippen LogP contribution in [-0.2, 0) is 14.6 Å². The fraction of sp³-hybridized carbons (Fsp3) is 0.833. The molecule has 0 aromatic carbocycles. The number of carbonyl (C=O) groups is 1. The van der Waals surface area contributed by atoms with E-state index in [0.29, 0.717) is 0 Å². The normalized spacial score (nSPS) is 14.0. The molecule has 0 radical (unpaired) electrons. The zero-order chi connectivity index (χ0) is 10.5. The Bertz CT molecular complexity index is 256. The lowest BCUT2D eigenvalue weighted by Crippen LogP contribution is -2.26. The van der Waals surface area contributed by atoms with Crippen molar-refractivity contribution in [3.63, 3.8) is 0 Å². The second-order valence-electron chi connectivity index (χ2n) is 2.59. The predicted molar refractivity (Wildman–Crippen MR) is 44.0 cm³/mol. The molecular formula is C6H12O6S. The van der Waals surface area contributed by atoms with Gasteiger partial charge in [-0.3, -0.25) is 4.79 Å². The quantitative estimate of drug-likeness (QED) is 0.480. The van der Waals surface area contributed by atoms with Gasteiger partial charge in [0.15, 0.2) is 9.84 Å². The van der Waals surface area contributed by atoms with E-state index in [-0.39, 0.29) is 0 Å². The van der Waals surface area contributed by atoms with Crippen LogP contribution >= 0.6 is 0 Å². The molecule has 0 bridgehead atoms. The highest BCUT2D eigenvalue weighted by Crippen LogP contribution is 1.97. The third-order valence-corrected chi connectivity index (χ3v) is 3.00. The maximum Gasteiger partial charge on any atom is 0.304 e. The second kappa shape index (κ2) is 5.15. The molecule has 0 spiro atoms. The van der Waals surface area contributed by atoms with Gasteiger partial charge in [0.2, 0.25) is 0 Å². The van der Waals surface area contributed by atoms with E-state index in [1.54, 1.807) is 0 Å². The summed E-state index contributed by atoms with van der Waals surface area (Å²) in [5.41, 5.74) is 0. The number of hydrogen-bond donors (Lipinski definition) is 3. The van der Waals surface area contributed by atoms with Crippen molar-refractivity contribution in [1.29, 1.82) is 0 Å². The number of sulfone groups is 1. The van der Waals surface area contributed by atoms with E-state index in [4.69, 9.17) is 15.3 Å². The molecule has 0 rings (SSSR count). The lowest BCUT2D eigenvalue weighted by atomic mass is 10.4. The number of aliphatic carboxylic acids is 1. The van der Waals surface area contributed by atoms with E-state index < -0.39 is 46.4 Å². The van der Waals surface area contributed by atoms with Gasteiger partial charge < -0.3 is 15.3 Å². The first kappa shape index (κ1) is 12.3. The number of carboxylic acids is 1. The highest BCUT2D eigenvalue weighted by molar-refractivity contribution is 7.91. The second-order valence-corrected chi connectivity index (χ2v) is 4.82. The summed E-state index contributed by atoms with van der Waals surface area (Å²) in [6.07, 6.45) is -1.82. The summed E-state index contributed by atoms with van der Waals surface area (Å²) in [6.45, 7) is -0.647. The van der Waals surface area contributed by atoms with Crippen molar-refractivity contribution < 1.29 is 28.5 Å². The van der Waals surface area contributed by atoms with Crippen LogP contribution in [0.25, 0.3) is 0 Å². The fourth-order valence-electron chi connectivity index (χ4n) is 0.672. The van der Waals surface area contributed by atoms with E-state index in [0.717, 1.165) is 0 Å². The minimum atomic E-state index is -3.58. The minimum absolute atomic E-state index is 0.486. The summed E-state index contributed by atoms with van der Waals surface area (Å²) in [5.74, 6) is -2.32. The number of carboxylic acid groups (broad SMARTS) is 1. The zero-order valence-electron chi connectivity index (χ0n) is 6.88. The van der Waals surface area contributed by atoms with Gasteiger partial charge in [-0.2, -0.15) is 0 Å². The molecule has 0 saturated carbocycles. The highest BCUT2D eigenvalue weighted by Gasteiger charge is 2.17. The summed E-state index contributed by atoms with van der Waals surface area (Å²) in [4.78, 5) is 10.0. The first-order valence-electron chi connectivity index (χ1n) is 3.58. The van der Waals surface area contributed by atoms with Crippen molar-refractivity contribution in [2.45, 2.75) is 12.5 Å². The first-order chi connectivity index (χ1) is 5.87. The maximum absolute atomic E-state index is 11.0. The summed E-state index contributed by atoms with van der Waals surface area (Å²) in [6, 6.07) is 0. The smallest absolute Gasteiger partial charge is 0.304 e. The molecule has 0 saturated heterocycles. The van der Waals surface area contributed by atoms with Crippen LogP contribution in [0.15, 0.2) is 0 Å². The minimum Gasteiger partial charge on any atom is -0.481 e. The Labute approximate surface area is 75.7 Å². The molecule has 0 aliphatic carbocycles. The first-order valence-corrected chi connectivity index (χ1v) is 5.40. The molecule has 13 heavy (non-hydrogen) atoms. The Morgan fingerprint density at radius 1 is 1.38 bits per heavy atom. The van der Waals surface area contributed by atoms with Crippen LogP contribution in [0.5, 0.6) is 0 Å². The monoisotopic (exact) mass is 212 g/mol. The summed E-state index contributed by atoms with van der Waals surface area (Å²) < 4.78 is 21.9. The predicted octanol–water partition coefficient (Wildman–Crippen LogP) is -1.77. The van der Waals surface area contributed by atoms with Crippen LogP contribution in [0, 0.1) is 0 Å². The third-order valence-electron chi connectivity index (χ3n) is 1.28. The fourth-order valence-corrected chi connectivity index (χ4v) is 2.02. The molecule has 1 unspecified atom stereocenters. The molecule has 7 heteroatoms. The van der Waals surface area contributed by atoms with E-state index in [1.165, 1.54) is 0 Å². The Balaban J connectivity index is 4.02. The lowest BCUT2D eigenvalue weighted by molar-refractivity contribution is -0.136. The zero-order valence-corrected chi connectivity index (χ0v) is 7.70. The van der Waals surface area contributed by atoms with Gasteiger partial charge in [-0.1, -0.05) is 0 Å². The van der Waals surface area contributed by atoms with Gasteiger partial charge in [-0.25, -0.2) is 8.42 Å². The molecule has 0 aromatic heterocycles. The number of hydrogen-bond acceptors (Lipinski definition) is 5. The molecule has 0 amide bonds. The Kier molecular flexibility index (Phi) is 4.89. The van der Waals surface area contributed by atoms with Crippen molar-refractivity contribution in [2.24, 2.45) is 0 Å². The van der Waals surface area contributed by atoms with Crippen molar-refractivity contribution >= 4 is 15.8 Å². The van der Waals surface area contributed by atoms with Crippen molar-refractivity contribution in [3.8, 4) is 0 Å². The Morgan fingerprint density at radius 2 is 1.92 bits per heavy atom. The average molecular weight is 212 g/mol. The van der Waals surface area contributed by atoms with Crippen LogP contribution in [-0.4, -0.2) is 53.9 Å². The van der Waals surface area contributed by atoms with Gasteiger partial charge in [-0.15, -0.1) is 0 Å². The van der Waals surface area contributed by atoms with Crippen LogP contribution in [0.4, 0.5) is 0 Å². The van der Waals surface area contributed by atoms with Crippen LogP contribution in [0.1, 0.15) is 6.42 Å². The van der Waals surface area contributed by atoms with Gasteiger partial charge in [0.25, 0.3) is 0 Å². The number of aliphatic hydroxyl groups excluding tert-OH is 2. The Morgan fingerprint density at radius 3 is 2.31 bits per heavy atom. The Hall–Kier alpha value is -0.660. The van der Waals surface area contributed by atoms with Crippen LogP contribution in [0.2, 0.25) is 0 Å². The lowest BCUT2D eigenvalue weighted by Gasteiger charge is -2.06. The molecule has 0 fully saturated rings. The molecule has 6 nitrogen and oxygen atoms in total. The summed E-state index contributed by atoms with van der Waals surface area (Å²) >= 11 is 0. The van der Waals surface area contributed by atoms with Gasteiger partial charge in [0.05, 0.1) is 30.6 Å². The van der Waals surface area contributed by atoms with Crippen molar-refractivity contribution in [3.05, 3.63) is 0 Å². The molecule has 3 N–H and O–H groups in total. The van der Waals surface area contributed by atoms with E-state index >= 15 is 0 Å². The molecule has 1 atom stereocenters. The maximum atomic E-state index is 11.0. The molecule has 78 valence electrons. The van der Waals surface area contributed by atoms with Gasteiger partial charge in [-0.05, 0) is 0 Å². The summed E-state index contributed by atoms with van der Waals surface area (Å²) in [5, 5.41) is 25.3. The number of aliphatic hydroxyl groups is 2. The topological polar surface area (TPSA) is 112 Å². The molecule has 0 aliphatic rings. The average Bonchev–Trinajstić information content (AvgIpc) is 2.00. The molecule has 0 aliphatic heterocycles. The van der Waals surface area contributed by atoms with Crippen LogP contribution in [0.3, 0.4) is 0 Å². The van der Waals surface area contributed by atoms with E-state index in [1.807, 2.05) is 0 Å². The van der Waals surface area contributed by atoms with Gasteiger partial charge >= 0.3 is 5.97 Å². The van der Waals surface area contributed by atoms with Gasteiger partial charge in [0, 0.05) is 0 Å². The molecular weight excluding hydrogens is 200 g/mol. The highest BCUT2D eigenvalue weighted by atomic mass is 32.2. The SMILES string of the molecule is O=C(O)CCS(=O)(=O)CC(O)CO. The summed E-state index contributed by atoms with van der Waals surface area (Å²) in [7, 11) is -3.58. The van der Waals surface area contributed by atoms with E-state index in [9.17, 15) is 13.2 Å². The third kappa shape index (κ3) is 6.50. The van der Waals surface area contributed by atoms with E-state index in [2.05, 4.69) is 0 Å². The largest absolute Gasteiger partial charge is 0.481 e. The molecule has 0 heterocycles. The van der Waals surface area contributed by atoms with Crippen molar-refractivity contribution in [1.82, 2.24) is 0 Å². The standard InChI is InChI=1S/C6H12O6S/c7-3-5(8)4-13(11,12)2-1-6(9)10/h5,7-8H,1-4H2,(H,9,10). The van der Waals surface area contributed by atoms with Crippen molar-refractivity contribution in [2.75, 3.05) is 18.1 Å². The van der Waals surface area contributed by atoms with Gasteiger partial charge in [0.1, 0.15) is 0 Å².